The minimum absolute atomic E-state index is 0.797. The standard InChI is InChI=1S/C2H6O6P2/c1-2(3)10(6,7)8-9(4)5/h9H,1H3,(H,4,5)(H,6,7). The van der Waals surface area contributed by atoms with Crippen molar-refractivity contribution in [2.75, 3.05) is 0 Å². The summed E-state index contributed by atoms with van der Waals surface area (Å²) in [7, 11) is -8.00. The average molecular weight is 188 g/mol. The van der Waals surface area contributed by atoms with Crippen molar-refractivity contribution >= 4 is 21.4 Å². The van der Waals surface area contributed by atoms with Gasteiger partial charge < -0.3 is 9.79 Å². The lowest BCUT2D eigenvalue weighted by Gasteiger charge is -2.03. The van der Waals surface area contributed by atoms with Crippen LogP contribution >= 0.6 is 15.9 Å². The minimum atomic E-state index is -4.48. The molecule has 6 nitrogen and oxygen atoms in total. The van der Waals surface area contributed by atoms with E-state index in [2.05, 4.69) is 4.31 Å². The van der Waals surface area contributed by atoms with E-state index in [4.69, 9.17) is 9.79 Å². The summed E-state index contributed by atoms with van der Waals surface area (Å²) in [5.41, 5.74) is -1.15. The zero-order valence-corrected chi connectivity index (χ0v) is 6.87. The van der Waals surface area contributed by atoms with Crippen LogP contribution in [-0.4, -0.2) is 15.3 Å². The molecule has 0 spiro atoms. The third kappa shape index (κ3) is 3.25. The molecule has 0 aromatic heterocycles. The highest BCUT2D eigenvalue weighted by Gasteiger charge is 2.27. The van der Waals surface area contributed by atoms with Gasteiger partial charge in [0.15, 0.2) is 0 Å². The predicted octanol–water partition coefficient (Wildman–Crippen LogP) is 0.117. The third-order valence-electron chi connectivity index (χ3n) is 0.600. The van der Waals surface area contributed by atoms with Gasteiger partial charge in [-0.25, -0.2) is 4.31 Å². The number of hydrogen-bond donors (Lipinski definition) is 2. The fourth-order valence-electron chi connectivity index (χ4n) is 0.170. The Bertz CT molecular complexity index is 208. The van der Waals surface area contributed by atoms with Crippen LogP contribution in [0.3, 0.4) is 0 Å². The molecule has 0 radical (unpaired) electrons. The first-order valence-corrected chi connectivity index (χ1v) is 4.97. The Morgan fingerprint density at radius 2 is 2.10 bits per heavy atom. The molecule has 0 aliphatic carbocycles. The average Bonchev–Trinajstić information content (AvgIpc) is 1.60. The number of carbonyl (C=O) groups is 1. The molecule has 0 aliphatic rings. The second kappa shape index (κ2) is 3.42. The van der Waals surface area contributed by atoms with Gasteiger partial charge in [0.05, 0.1) is 0 Å². The molecule has 0 saturated heterocycles. The van der Waals surface area contributed by atoms with Crippen molar-refractivity contribution in [3.05, 3.63) is 0 Å². The molecule has 0 amide bonds. The van der Waals surface area contributed by atoms with E-state index in [1.165, 1.54) is 0 Å². The molecular formula is C2H6O6P2. The normalized spacial score (nSPS) is 19.5. The van der Waals surface area contributed by atoms with E-state index in [9.17, 15) is 13.9 Å². The summed E-state index contributed by atoms with van der Waals surface area (Å²) in [6, 6.07) is 0. The highest BCUT2D eigenvalue weighted by atomic mass is 31.2. The lowest BCUT2D eigenvalue weighted by Crippen LogP contribution is -1.92. The Hall–Kier alpha value is 0.01000. The Balaban J connectivity index is 4.29. The molecule has 2 unspecified atom stereocenters. The third-order valence-corrected chi connectivity index (χ3v) is 3.01. The van der Waals surface area contributed by atoms with Gasteiger partial charge in [-0.15, -0.1) is 0 Å². The zero-order valence-electron chi connectivity index (χ0n) is 4.97. The van der Waals surface area contributed by atoms with Crippen molar-refractivity contribution < 1.29 is 28.0 Å². The lowest BCUT2D eigenvalue weighted by atomic mass is 10.9. The van der Waals surface area contributed by atoms with Crippen LogP contribution in [0.4, 0.5) is 0 Å². The zero-order chi connectivity index (χ0) is 8.36. The molecule has 0 bridgehead atoms. The van der Waals surface area contributed by atoms with Crippen molar-refractivity contribution in [3.63, 3.8) is 0 Å². The van der Waals surface area contributed by atoms with Gasteiger partial charge in [-0.3, -0.25) is 13.9 Å². The first-order chi connectivity index (χ1) is 4.36. The number of hydrogen-bond acceptors (Lipinski definition) is 4. The van der Waals surface area contributed by atoms with E-state index in [1.807, 2.05) is 0 Å². The molecule has 2 N–H and O–H groups in total. The maximum absolute atomic E-state index is 10.4. The van der Waals surface area contributed by atoms with Crippen LogP contribution < -0.4 is 0 Å². The molecule has 0 aromatic carbocycles. The molecule has 0 saturated carbocycles. The van der Waals surface area contributed by atoms with Gasteiger partial charge in [0.1, 0.15) is 0 Å². The van der Waals surface area contributed by atoms with Gasteiger partial charge in [0, 0.05) is 6.92 Å². The van der Waals surface area contributed by atoms with Crippen LogP contribution in [0.5, 0.6) is 0 Å². The minimum Gasteiger partial charge on any atom is -0.326 e. The number of rotatable bonds is 3. The molecule has 2 atom stereocenters. The van der Waals surface area contributed by atoms with Crippen molar-refractivity contribution in [1.29, 1.82) is 0 Å². The van der Waals surface area contributed by atoms with Gasteiger partial charge in [-0.2, -0.15) is 0 Å². The Labute approximate surface area is 57.3 Å². The summed E-state index contributed by atoms with van der Waals surface area (Å²) in [5, 5.41) is 0. The predicted molar refractivity (Wildman–Crippen MR) is 32.8 cm³/mol. The molecular weight excluding hydrogens is 182 g/mol. The summed E-state index contributed by atoms with van der Waals surface area (Å²) in [6.07, 6.45) is 0. The number of carbonyl (C=O) groups excluding carboxylic acids is 1. The quantitative estimate of drug-likeness (QED) is 0.609. The SMILES string of the molecule is CC(=O)P(=O)(O)O[PH](=O)O. The van der Waals surface area contributed by atoms with Crippen molar-refractivity contribution in [3.8, 4) is 0 Å². The molecule has 0 rings (SSSR count). The molecule has 0 fully saturated rings. The van der Waals surface area contributed by atoms with Crippen LogP contribution in [-0.2, 0) is 18.2 Å². The summed E-state index contributed by atoms with van der Waals surface area (Å²) >= 11 is 0. The summed E-state index contributed by atoms with van der Waals surface area (Å²) in [5.74, 6) is 0. The Morgan fingerprint density at radius 1 is 1.70 bits per heavy atom. The summed E-state index contributed by atoms with van der Waals surface area (Å²) in [4.78, 5) is 26.5. The van der Waals surface area contributed by atoms with Gasteiger partial charge in [-0.1, -0.05) is 0 Å². The van der Waals surface area contributed by atoms with E-state index < -0.39 is 21.4 Å². The van der Waals surface area contributed by atoms with Crippen LogP contribution in [0.15, 0.2) is 0 Å². The van der Waals surface area contributed by atoms with Gasteiger partial charge in [0.2, 0.25) is 5.52 Å². The van der Waals surface area contributed by atoms with E-state index in [-0.39, 0.29) is 0 Å². The highest BCUT2D eigenvalue weighted by Crippen LogP contribution is 2.49. The van der Waals surface area contributed by atoms with Crippen LogP contribution in [0.1, 0.15) is 6.92 Å². The van der Waals surface area contributed by atoms with Crippen LogP contribution in [0.2, 0.25) is 0 Å². The van der Waals surface area contributed by atoms with E-state index in [0.717, 1.165) is 6.92 Å². The second-order valence-corrected chi connectivity index (χ2v) is 4.33. The monoisotopic (exact) mass is 188 g/mol. The molecule has 60 valence electrons. The fraction of sp³-hybridized carbons (Fsp3) is 0.500. The first-order valence-electron chi connectivity index (χ1n) is 2.12. The maximum atomic E-state index is 10.4. The largest absolute Gasteiger partial charge is 0.400 e. The Morgan fingerprint density at radius 3 is 2.20 bits per heavy atom. The van der Waals surface area contributed by atoms with Gasteiger partial charge in [-0.05, 0) is 0 Å². The molecule has 0 heterocycles. The maximum Gasteiger partial charge on any atom is 0.400 e. The van der Waals surface area contributed by atoms with E-state index in [0.29, 0.717) is 0 Å². The molecule has 10 heavy (non-hydrogen) atoms. The first kappa shape index (κ1) is 10.0. The molecule has 8 heteroatoms. The van der Waals surface area contributed by atoms with Crippen LogP contribution in [0.25, 0.3) is 0 Å². The fourth-order valence-corrected chi connectivity index (χ4v) is 1.53. The van der Waals surface area contributed by atoms with Gasteiger partial charge >= 0.3 is 15.9 Å². The second-order valence-electron chi connectivity index (χ2n) is 1.40. The summed E-state index contributed by atoms with van der Waals surface area (Å²) in [6.45, 7) is 0.797. The van der Waals surface area contributed by atoms with E-state index in [1.54, 1.807) is 0 Å². The van der Waals surface area contributed by atoms with Crippen LogP contribution in [0, 0.1) is 0 Å². The summed E-state index contributed by atoms with van der Waals surface area (Å²) < 4.78 is 23.7. The smallest absolute Gasteiger partial charge is 0.326 e. The van der Waals surface area contributed by atoms with Crippen molar-refractivity contribution in [2.24, 2.45) is 0 Å². The lowest BCUT2D eigenvalue weighted by molar-refractivity contribution is -0.111. The Kier molecular flexibility index (Phi) is 3.42. The topological polar surface area (TPSA) is 101 Å². The van der Waals surface area contributed by atoms with Crippen molar-refractivity contribution in [1.82, 2.24) is 0 Å². The van der Waals surface area contributed by atoms with Gasteiger partial charge in [0.25, 0.3) is 0 Å². The van der Waals surface area contributed by atoms with E-state index >= 15 is 0 Å². The molecule has 0 aliphatic heterocycles. The molecule has 0 aromatic rings. The highest BCUT2D eigenvalue weighted by molar-refractivity contribution is 7.74. The van der Waals surface area contributed by atoms with Crippen molar-refractivity contribution in [2.45, 2.75) is 6.92 Å².